The molecule has 3 aromatic carbocycles. The molecule has 0 atom stereocenters. The lowest BCUT2D eigenvalue weighted by atomic mass is 10.0. The number of fused-ring (bicyclic) bond motifs is 2. The highest BCUT2D eigenvalue weighted by Gasteiger charge is 2.10. The number of anilines is 1. The third kappa shape index (κ3) is 4.47. The molecule has 5 heteroatoms. The van der Waals surface area contributed by atoms with E-state index in [0.717, 1.165) is 56.5 Å². The maximum Gasteiger partial charge on any atom is 0.260 e. The summed E-state index contributed by atoms with van der Waals surface area (Å²) in [5, 5.41) is 5.93. The number of nitrogens with one attached hydrogen (secondary N) is 1. The fraction of sp³-hybridized carbons (Fsp3) is 0.0938. The van der Waals surface area contributed by atoms with Crippen LogP contribution in [0.25, 0.3) is 43.9 Å². The van der Waals surface area contributed by atoms with Crippen LogP contribution in [0.4, 0.5) is 5.82 Å². The van der Waals surface area contributed by atoms with Crippen molar-refractivity contribution in [2.45, 2.75) is 13.5 Å². The van der Waals surface area contributed by atoms with Crippen LogP contribution in [0.5, 0.6) is 0 Å². The van der Waals surface area contributed by atoms with E-state index in [1.54, 1.807) is 10.8 Å². The van der Waals surface area contributed by atoms with Crippen LogP contribution >= 0.6 is 0 Å². The molecule has 3 aromatic heterocycles. The molecule has 5 nitrogen and oxygen atoms in total. The molecule has 0 aliphatic heterocycles. The summed E-state index contributed by atoms with van der Waals surface area (Å²) in [6.45, 7) is 3.40. The van der Waals surface area contributed by atoms with Gasteiger partial charge in [-0.25, -0.2) is 4.98 Å². The van der Waals surface area contributed by atoms with Gasteiger partial charge in [-0.3, -0.25) is 9.78 Å². The highest BCUT2D eigenvalue weighted by Crippen LogP contribution is 2.27. The number of rotatable bonds is 6. The molecule has 0 amide bonds. The summed E-state index contributed by atoms with van der Waals surface area (Å²) in [7, 11) is 0. The molecule has 0 bridgehead atoms. The van der Waals surface area contributed by atoms with Crippen molar-refractivity contribution in [2.24, 2.45) is 0 Å². The van der Waals surface area contributed by atoms with Gasteiger partial charge in [0.15, 0.2) is 0 Å². The Labute approximate surface area is 215 Å². The second-order valence-corrected chi connectivity index (χ2v) is 9.09. The number of pyridine rings is 3. The predicted octanol–water partition coefficient (Wildman–Crippen LogP) is 6.76. The Bertz CT molecular complexity index is 1770. The fourth-order valence-electron chi connectivity index (χ4n) is 4.76. The molecule has 37 heavy (non-hydrogen) atoms. The summed E-state index contributed by atoms with van der Waals surface area (Å²) in [6.07, 6.45) is 5.37. The van der Waals surface area contributed by atoms with E-state index in [1.165, 1.54) is 0 Å². The Hall–Kier alpha value is -4.77. The molecule has 0 aliphatic rings. The van der Waals surface area contributed by atoms with Gasteiger partial charge in [0, 0.05) is 36.1 Å². The van der Waals surface area contributed by atoms with Crippen molar-refractivity contribution in [1.29, 1.82) is 0 Å². The normalized spacial score (nSPS) is 11.2. The Morgan fingerprint density at radius 2 is 1.57 bits per heavy atom. The van der Waals surface area contributed by atoms with E-state index in [-0.39, 0.29) is 5.56 Å². The lowest BCUT2D eigenvalue weighted by Gasteiger charge is -2.11. The zero-order valence-electron chi connectivity index (χ0n) is 20.6. The summed E-state index contributed by atoms with van der Waals surface area (Å²) < 4.78 is 1.75. The molecule has 0 radical (unpaired) electrons. The first-order valence-corrected chi connectivity index (χ1v) is 12.5. The molecular formula is C32H26N4O. The Balaban J connectivity index is 1.28. The minimum Gasteiger partial charge on any atom is -0.370 e. The van der Waals surface area contributed by atoms with Crippen molar-refractivity contribution in [3.05, 3.63) is 126 Å². The molecule has 0 fully saturated rings. The number of hydrogen-bond acceptors (Lipinski definition) is 4. The standard InChI is InChI=1S/C32H26N4O/c1-2-34-31-15-14-25-12-13-26(18-30(25)35-31)23-10-8-22(9-11-23)21-36-17-16-27-28(24-6-4-3-5-7-24)19-33-20-29(27)32(36)37/h3-20H,2,21H2,1H3,(H,34,35). The van der Waals surface area contributed by atoms with E-state index >= 15 is 0 Å². The summed E-state index contributed by atoms with van der Waals surface area (Å²) in [4.78, 5) is 22.4. The Kier molecular flexibility index (Phi) is 5.95. The molecule has 0 unspecified atom stereocenters. The van der Waals surface area contributed by atoms with Gasteiger partial charge in [-0.05, 0) is 58.8 Å². The average Bonchev–Trinajstić information content (AvgIpc) is 2.95. The second kappa shape index (κ2) is 9.70. The van der Waals surface area contributed by atoms with Gasteiger partial charge in [-0.2, -0.15) is 0 Å². The van der Waals surface area contributed by atoms with Gasteiger partial charge >= 0.3 is 0 Å². The molecular weight excluding hydrogens is 456 g/mol. The molecule has 0 saturated heterocycles. The SMILES string of the molecule is CCNc1ccc2ccc(-c3ccc(Cn4ccc5c(-c6ccccc6)cncc5c4=O)cc3)cc2n1. The Morgan fingerprint density at radius 3 is 2.38 bits per heavy atom. The molecule has 3 heterocycles. The predicted molar refractivity (Wildman–Crippen MR) is 152 cm³/mol. The minimum atomic E-state index is -0.0380. The number of nitrogens with zero attached hydrogens (tertiary/aromatic N) is 3. The van der Waals surface area contributed by atoms with Gasteiger partial charge in [0.25, 0.3) is 5.56 Å². The van der Waals surface area contributed by atoms with Crippen LogP contribution in [0.2, 0.25) is 0 Å². The van der Waals surface area contributed by atoms with Crippen LogP contribution in [-0.4, -0.2) is 21.1 Å². The fourth-order valence-corrected chi connectivity index (χ4v) is 4.76. The van der Waals surface area contributed by atoms with Crippen molar-refractivity contribution in [3.63, 3.8) is 0 Å². The number of aromatic nitrogens is 3. The highest BCUT2D eigenvalue weighted by molar-refractivity contribution is 5.95. The number of benzene rings is 3. The zero-order valence-corrected chi connectivity index (χ0v) is 20.6. The van der Waals surface area contributed by atoms with Gasteiger partial charge in [-0.1, -0.05) is 66.7 Å². The topological polar surface area (TPSA) is 59.8 Å². The van der Waals surface area contributed by atoms with E-state index in [1.807, 2.05) is 54.9 Å². The third-order valence-electron chi connectivity index (χ3n) is 6.68. The minimum absolute atomic E-state index is 0.0380. The zero-order chi connectivity index (χ0) is 25.2. The van der Waals surface area contributed by atoms with Crippen molar-refractivity contribution < 1.29 is 0 Å². The van der Waals surface area contributed by atoms with Gasteiger partial charge in [0.05, 0.1) is 17.4 Å². The van der Waals surface area contributed by atoms with Crippen LogP contribution in [0, 0.1) is 0 Å². The first-order chi connectivity index (χ1) is 18.2. The maximum atomic E-state index is 13.3. The van der Waals surface area contributed by atoms with Crippen molar-refractivity contribution in [3.8, 4) is 22.3 Å². The lowest BCUT2D eigenvalue weighted by molar-refractivity contribution is 0.768. The van der Waals surface area contributed by atoms with Crippen molar-refractivity contribution in [2.75, 3.05) is 11.9 Å². The molecule has 6 rings (SSSR count). The molecule has 1 N–H and O–H groups in total. The Morgan fingerprint density at radius 1 is 0.784 bits per heavy atom. The van der Waals surface area contributed by atoms with Crippen LogP contribution in [0.3, 0.4) is 0 Å². The van der Waals surface area contributed by atoms with E-state index in [2.05, 4.69) is 65.8 Å². The largest absolute Gasteiger partial charge is 0.370 e. The summed E-state index contributed by atoms with van der Waals surface area (Å²) in [5.74, 6) is 0.884. The quantitative estimate of drug-likeness (QED) is 0.285. The van der Waals surface area contributed by atoms with E-state index < -0.39 is 0 Å². The molecule has 0 spiro atoms. The molecule has 180 valence electrons. The van der Waals surface area contributed by atoms with Crippen molar-refractivity contribution >= 4 is 27.5 Å². The smallest absolute Gasteiger partial charge is 0.260 e. The molecule has 6 aromatic rings. The van der Waals surface area contributed by atoms with Gasteiger partial charge in [0.1, 0.15) is 5.82 Å². The van der Waals surface area contributed by atoms with E-state index in [4.69, 9.17) is 4.98 Å². The monoisotopic (exact) mass is 482 g/mol. The van der Waals surface area contributed by atoms with E-state index in [0.29, 0.717) is 11.9 Å². The summed E-state index contributed by atoms with van der Waals surface area (Å²) in [6, 6.07) is 30.9. The molecule has 0 saturated carbocycles. The van der Waals surface area contributed by atoms with Gasteiger partial charge in [-0.15, -0.1) is 0 Å². The number of hydrogen-bond donors (Lipinski definition) is 1. The lowest BCUT2D eigenvalue weighted by Crippen LogP contribution is -2.20. The first kappa shape index (κ1) is 22.7. The van der Waals surface area contributed by atoms with E-state index in [9.17, 15) is 4.79 Å². The summed E-state index contributed by atoms with van der Waals surface area (Å²) in [5.41, 5.74) is 6.23. The first-order valence-electron chi connectivity index (χ1n) is 12.5. The third-order valence-corrected chi connectivity index (χ3v) is 6.68. The van der Waals surface area contributed by atoms with Crippen LogP contribution in [0.1, 0.15) is 12.5 Å². The summed E-state index contributed by atoms with van der Waals surface area (Å²) >= 11 is 0. The van der Waals surface area contributed by atoms with Crippen LogP contribution < -0.4 is 10.9 Å². The van der Waals surface area contributed by atoms with Crippen LogP contribution in [-0.2, 0) is 6.54 Å². The maximum absolute atomic E-state index is 13.3. The van der Waals surface area contributed by atoms with Crippen LogP contribution in [0.15, 0.2) is 114 Å². The molecule has 0 aliphatic carbocycles. The highest BCUT2D eigenvalue weighted by atomic mass is 16.1. The van der Waals surface area contributed by atoms with Gasteiger partial charge in [0.2, 0.25) is 0 Å². The second-order valence-electron chi connectivity index (χ2n) is 9.09. The van der Waals surface area contributed by atoms with Gasteiger partial charge < -0.3 is 9.88 Å². The van der Waals surface area contributed by atoms with Crippen molar-refractivity contribution in [1.82, 2.24) is 14.5 Å². The average molecular weight is 483 g/mol.